The van der Waals surface area contributed by atoms with Crippen molar-refractivity contribution in [1.29, 1.82) is 0 Å². The minimum Gasteiger partial charge on any atom is -0.398 e. The lowest BCUT2D eigenvalue weighted by atomic mass is 10.0. The highest BCUT2D eigenvalue weighted by molar-refractivity contribution is 5.95. The van der Waals surface area contributed by atoms with Crippen LogP contribution in [0.25, 0.3) is 0 Å². The molecule has 5 heteroatoms. The van der Waals surface area contributed by atoms with Gasteiger partial charge < -0.3 is 10.6 Å². The van der Waals surface area contributed by atoms with Crippen molar-refractivity contribution in [2.24, 2.45) is 0 Å². The zero-order chi connectivity index (χ0) is 15.1. The molecule has 2 fully saturated rings. The van der Waals surface area contributed by atoms with Crippen LogP contribution >= 0.6 is 0 Å². The molecule has 0 aromatic heterocycles. The summed E-state index contributed by atoms with van der Waals surface area (Å²) in [6, 6.07) is 3.51. The Morgan fingerprint density at radius 1 is 1.38 bits per heavy atom. The maximum atomic E-state index is 13.8. The number of hydrogen-bond acceptors (Lipinski definition) is 3. The van der Waals surface area contributed by atoms with Gasteiger partial charge in [-0.3, -0.25) is 9.69 Å². The molecular weight excluding hydrogens is 269 g/mol. The first-order valence-electron chi connectivity index (χ1n) is 7.58. The number of benzene rings is 1. The number of fused-ring (bicyclic) bond motifs is 1. The summed E-state index contributed by atoms with van der Waals surface area (Å²) in [7, 11) is 0. The van der Waals surface area contributed by atoms with Crippen LogP contribution in [0.4, 0.5) is 10.1 Å². The number of piperazine rings is 1. The topological polar surface area (TPSA) is 49.6 Å². The van der Waals surface area contributed by atoms with Gasteiger partial charge in [0.1, 0.15) is 5.82 Å². The van der Waals surface area contributed by atoms with Crippen molar-refractivity contribution in [2.75, 3.05) is 25.4 Å². The minimum absolute atomic E-state index is 0.111. The zero-order valence-corrected chi connectivity index (χ0v) is 12.6. The summed E-state index contributed by atoms with van der Waals surface area (Å²) in [5.41, 5.74) is 6.89. The van der Waals surface area contributed by atoms with E-state index in [4.69, 9.17) is 5.73 Å². The first kappa shape index (κ1) is 14.3. The van der Waals surface area contributed by atoms with E-state index in [-0.39, 0.29) is 11.9 Å². The lowest BCUT2D eigenvalue weighted by Gasteiger charge is -2.42. The second-order valence-electron chi connectivity index (χ2n) is 6.27. The number of anilines is 1. The molecule has 1 amide bonds. The summed E-state index contributed by atoms with van der Waals surface area (Å²) < 4.78 is 13.8. The SMILES string of the molecule is Cc1c(N)cc(C(=O)N2CC3CCCN3CC2C)cc1F. The molecule has 3 rings (SSSR count). The predicted molar refractivity (Wildman–Crippen MR) is 80.6 cm³/mol. The third-order valence-corrected chi connectivity index (χ3v) is 4.83. The van der Waals surface area contributed by atoms with E-state index in [9.17, 15) is 9.18 Å². The number of nitrogen functional groups attached to an aromatic ring is 1. The van der Waals surface area contributed by atoms with E-state index in [2.05, 4.69) is 11.8 Å². The minimum atomic E-state index is -0.412. The maximum absolute atomic E-state index is 13.8. The summed E-state index contributed by atoms with van der Waals surface area (Å²) in [6.07, 6.45) is 2.34. The number of nitrogens with zero attached hydrogens (tertiary/aromatic N) is 2. The number of amides is 1. The molecule has 2 unspecified atom stereocenters. The Bertz CT molecular complexity index is 552. The van der Waals surface area contributed by atoms with Crippen molar-refractivity contribution in [3.63, 3.8) is 0 Å². The Hall–Kier alpha value is -1.62. The standard InChI is InChI=1S/C16H22FN3O/c1-10-8-19-5-3-4-13(19)9-20(10)16(21)12-6-14(17)11(2)15(18)7-12/h6-7,10,13H,3-5,8-9,18H2,1-2H3. The molecule has 0 spiro atoms. The van der Waals surface area contributed by atoms with Crippen LogP contribution in [0.2, 0.25) is 0 Å². The maximum Gasteiger partial charge on any atom is 0.254 e. The van der Waals surface area contributed by atoms with Gasteiger partial charge in [-0.1, -0.05) is 0 Å². The van der Waals surface area contributed by atoms with E-state index in [0.717, 1.165) is 26.1 Å². The van der Waals surface area contributed by atoms with E-state index in [0.29, 0.717) is 22.9 Å². The molecule has 1 aromatic carbocycles. The van der Waals surface area contributed by atoms with Crippen molar-refractivity contribution in [1.82, 2.24) is 9.80 Å². The Balaban J connectivity index is 1.84. The van der Waals surface area contributed by atoms with Crippen LogP contribution in [0.3, 0.4) is 0 Å². The average molecular weight is 291 g/mol. The highest BCUT2D eigenvalue weighted by Gasteiger charge is 2.36. The Morgan fingerprint density at radius 3 is 2.86 bits per heavy atom. The lowest BCUT2D eigenvalue weighted by molar-refractivity contribution is 0.0395. The number of nitrogens with two attached hydrogens (primary N) is 1. The molecule has 0 bridgehead atoms. The molecule has 2 atom stereocenters. The molecule has 4 nitrogen and oxygen atoms in total. The fourth-order valence-electron chi connectivity index (χ4n) is 3.46. The van der Waals surface area contributed by atoms with Gasteiger partial charge in [0.2, 0.25) is 0 Å². The second kappa shape index (κ2) is 5.30. The van der Waals surface area contributed by atoms with Gasteiger partial charge in [-0.25, -0.2) is 4.39 Å². The van der Waals surface area contributed by atoms with Crippen molar-refractivity contribution < 1.29 is 9.18 Å². The molecule has 0 aliphatic carbocycles. The van der Waals surface area contributed by atoms with E-state index in [1.807, 2.05) is 4.90 Å². The van der Waals surface area contributed by atoms with Crippen LogP contribution < -0.4 is 5.73 Å². The van der Waals surface area contributed by atoms with Crippen molar-refractivity contribution in [3.05, 3.63) is 29.1 Å². The molecule has 1 aromatic rings. The van der Waals surface area contributed by atoms with E-state index < -0.39 is 5.82 Å². The van der Waals surface area contributed by atoms with Crippen LogP contribution in [0, 0.1) is 12.7 Å². The van der Waals surface area contributed by atoms with Crippen LogP contribution in [-0.2, 0) is 0 Å². The molecule has 2 N–H and O–H groups in total. The molecule has 0 radical (unpaired) electrons. The fraction of sp³-hybridized carbons (Fsp3) is 0.562. The average Bonchev–Trinajstić information content (AvgIpc) is 2.89. The van der Waals surface area contributed by atoms with Crippen LogP contribution in [0.15, 0.2) is 12.1 Å². The quantitative estimate of drug-likeness (QED) is 0.805. The summed E-state index contributed by atoms with van der Waals surface area (Å²) in [5, 5.41) is 0. The third-order valence-electron chi connectivity index (χ3n) is 4.83. The molecule has 2 aliphatic rings. The van der Waals surface area contributed by atoms with Gasteiger partial charge in [0.15, 0.2) is 0 Å². The molecule has 114 valence electrons. The summed E-state index contributed by atoms with van der Waals surface area (Å²) in [5.74, 6) is -0.523. The fourth-order valence-corrected chi connectivity index (χ4v) is 3.46. The molecular formula is C16H22FN3O. The summed E-state index contributed by atoms with van der Waals surface area (Å²) >= 11 is 0. The molecule has 2 aliphatic heterocycles. The van der Waals surface area contributed by atoms with Gasteiger partial charge >= 0.3 is 0 Å². The van der Waals surface area contributed by atoms with Gasteiger partial charge in [0.05, 0.1) is 0 Å². The first-order chi connectivity index (χ1) is 9.97. The Kier molecular flexibility index (Phi) is 3.61. The van der Waals surface area contributed by atoms with Gasteiger partial charge in [-0.05, 0) is 45.4 Å². The van der Waals surface area contributed by atoms with Gasteiger partial charge in [-0.15, -0.1) is 0 Å². The summed E-state index contributed by atoms with van der Waals surface area (Å²) in [6.45, 7) is 6.44. The number of hydrogen-bond donors (Lipinski definition) is 1. The molecule has 2 heterocycles. The second-order valence-corrected chi connectivity index (χ2v) is 6.27. The molecule has 0 saturated carbocycles. The van der Waals surface area contributed by atoms with E-state index in [1.165, 1.54) is 12.5 Å². The monoisotopic (exact) mass is 291 g/mol. The van der Waals surface area contributed by atoms with E-state index >= 15 is 0 Å². The van der Waals surface area contributed by atoms with Crippen LogP contribution in [0.5, 0.6) is 0 Å². The lowest BCUT2D eigenvalue weighted by Crippen LogP contribution is -2.56. The Labute approximate surface area is 124 Å². The number of carbonyl (C=O) groups is 1. The number of halogens is 1. The summed E-state index contributed by atoms with van der Waals surface area (Å²) in [4.78, 5) is 17.0. The predicted octanol–water partition coefficient (Wildman–Crippen LogP) is 2.03. The first-order valence-corrected chi connectivity index (χ1v) is 7.58. The van der Waals surface area contributed by atoms with Gasteiger partial charge in [0, 0.05) is 42.0 Å². The normalized spacial score (nSPS) is 26.0. The largest absolute Gasteiger partial charge is 0.398 e. The van der Waals surface area contributed by atoms with E-state index in [1.54, 1.807) is 13.0 Å². The zero-order valence-electron chi connectivity index (χ0n) is 12.6. The number of carbonyl (C=O) groups excluding carboxylic acids is 1. The highest BCUT2D eigenvalue weighted by Crippen LogP contribution is 2.26. The molecule has 21 heavy (non-hydrogen) atoms. The van der Waals surface area contributed by atoms with Gasteiger partial charge in [0.25, 0.3) is 5.91 Å². The van der Waals surface area contributed by atoms with Crippen molar-refractivity contribution >= 4 is 11.6 Å². The third kappa shape index (κ3) is 2.50. The van der Waals surface area contributed by atoms with Gasteiger partial charge in [-0.2, -0.15) is 0 Å². The van der Waals surface area contributed by atoms with Crippen molar-refractivity contribution in [3.8, 4) is 0 Å². The number of rotatable bonds is 1. The van der Waals surface area contributed by atoms with Crippen LogP contribution in [-0.4, -0.2) is 47.4 Å². The highest BCUT2D eigenvalue weighted by atomic mass is 19.1. The molecule has 2 saturated heterocycles. The van der Waals surface area contributed by atoms with Crippen LogP contribution in [0.1, 0.15) is 35.7 Å². The smallest absolute Gasteiger partial charge is 0.254 e. The van der Waals surface area contributed by atoms with Crippen molar-refractivity contribution in [2.45, 2.75) is 38.8 Å². The Morgan fingerprint density at radius 2 is 2.14 bits per heavy atom.